The molecular weight excluding hydrogens is 256 g/mol. The van der Waals surface area contributed by atoms with E-state index in [-0.39, 0.29) is 0 Å². The first-order valence-corrected chi connectivity index (χ1v) is 8.40. The molecule has 4 heteroatoms. The molecule has 108 valence electrons. The number of aliphatic hydroxyl groups is 1. The predicted octanol–water partition coefficient (Wildman–Crippen LogP) is 3.85. The second-order valence-electron chi connectivity index (χ2n) is 4.82. The van der Waals surface area contributed by atoms with E-state index in [1.54, 1.807) is 11.8 Å². The smallest absolute Gasteiger partial charge is 0.187 e. The highest BCUT2D eigenvalue weighted by Crippen LogP contribution is 2.15. The van der Waals surface area contributed by atoms with Crippen molar-refractivity contribution in [3.8, 4) is 0 Å². The quantitative estimate of drug-likeness (QED) is 0.380. The molecule has 0 aliphatic heterocycles. The molecule has 0 saturated heterocycles. The zero-order valence-electron chi connectivity index (χ0n) is 12.0. The molecule has 1 aromatic rings. The Bertz CT molecular complexity index is 316. The first kappa shape index (κ1) is 16.4. The van der Waals surface area contributed by atoms with Crippen LogP contribution >= 0.6 is 11.8 Å². The second-order valence-corrected chi connectivity index (χ2v) is 5.88. The third kappa shape index (κ3) is 8.22. The molecule has 0 bridgehead atoms. The molecule has 0 atom stereocenters. The van der Waals surface area contributed by atoms with Crippen LogP contribution in [0.5, 0.6) is 0 Å². The van der Waals surface area contributed by atoms with E-state index in [9.17, 15) is 0 Å². The van der Waals surface area contributed by atoms with Gasteiger partial charge in [-0.05, 0) is 31.2 Å². The SMILES string of the molecule is CCCCCCc1cnc(SCCCCCO)nc1. The van der Waals surface area contributed by atoms with Gasteiger partial charge in [0.2, 0.25) is 0 Å². The van der Waals surface area contributed by atoms with Gasteiger partial charge in [0.25, 0.3) is 0 Å². The molecule has 0 aliphatic carbocycles. The van der Waals surface area contributed by atoms with Crippen LogP contribution in [0.25, 0.3) is 0 Å². The minimum Gasteiger partial charge on any atom is -0.396 e. The lowest BCUT2D eigenvalue weighted by Gasteiger charge is -2.03. The van der Waals surface area contributed by atoms with Crippen molar-refractivity contribution < 1.29 is 5.11 Å². The molecule has 1 rings (SSSR count). The summed E-state index contributed by atoms with van der Waals surface area (Å²) in [5.74, 6) is 1.04. The maximum atomic E-state index is 8.69. The number of unbranched alkanes of at least 4 members (excludes halogenated alkanes) is 5. The normalized spacial score (nSPS) is 10.8. The lowest BCUT2D eigenvalue weighted by Crippen LogP contribution is -1.93. The lowest BCUT2D eigenvalue weighted by atomic mass is 10.1. The molecule has 0 aliphatic rings. The molecule has 0 fully saturated rings. The summed E-state index contributed by atoms with van der Waals surface area (Å²) in [5.41, 5.74) is 1.25. The highest BCUT2D eigenvalue weighted by Gasteiger charge is 1.99. The van der Waals surface area contributed by atoms with Crippen LogP contribution in [0, 0.1) is 0 Å². The summed E-state index contributed by atoms with van der Waals surface area (Å²) in [6, 6.07) is 0. The third-order valence-electron chi connectivity index (χ3n) is 3.03. The van der Waals surface area contributed by atoms with E-state index in [1.165, 1.54) is 31.2 Å². The molecule has 0 spiro atoms. The summed E-state index contributed by atoms with van der Waals surface area (Å²) in [7, 11) is 0. The zero-order chi connectivity index (χ0) is 13.8. The summed E-state index contributed by atoms with van der Waals surface area (Å²) in [6.07, 6.45) is 13.3. The van der Waals surface area contributed by atoms with Crippen molar-refractivity contribution in [2.45, 2.75) is 63.4 Å². The number of aliphatic hydroxyl groups excluding tert-OH is 1. The highest BCUT2D eigenvalue weighted by atomic mass is 32.2. The van der Waals surface area contributed by atoms with Crippen LogP contribution in [0.4, 0.5) is 0 Å². The molecular formula is C15H26N2OS. The molecule has 0 amide bonds. The van der Waals surface area contributed by atoms with Crippen molar-refractivity contribution in [3.63, 3.8) is 0 Å². The van der Waals surface area contributed by atoms with Gasteiger partial charge in [-0.2, -0.15) is 0 Å². The molecule has 1 heterocycles. The Hall–Kier alpha value is -0.610. The van der Waals surface area contributed by atoms with Crippen molar-refractivity contribution in [3.05, 3.63) is 18.0 Å². The third-order valence-corrected chi connectivity index (χ3v) is 4.00. The number of hydrogen-bond acceptors (Lipinski definition) is 4. The van der Waals surface area contributed by atoms with Gasteiger partial charge in [-0.3, -0.25) is 0 Å². The van der Waals surface area contributed by atoms with Gasteiger partial charge in [-0.15, -0.1) is 0 Å². The van der Waals surface area contributed by atoms with Gasteiger partial charge in [0.15, 0.2) is 5.16 Å². The minimum absolute atomic E-state index is 0.299. The number of hydrogen-bond donors (Lipinski definition) is 1. The fourth-order valence-electron chi connectivity index (χ4n) is 1.86. The molecule has 0 unspecified atom stereocenters. The minimum atomic E-state index is 0.299. The maximum Gasteiger partial charge on any atom is 0.187 e. The van der Waals surface area contributed by atoms with Crippen molar-refractivity contribution in [1.29, 1.82) is 0 Å². The van der Waals surface area contributed by atoms with E-state index in [1.807, 2.05) is 12.4 Å². The van der Waals surface area contributed by atoms with E-state index in [4.69, 9.17) is 5.11 Å². The molecule has 0 aromatic carbocycles. The van der Waals surface area contributed by atoms with Gasteiger partial charge in [0.1, 0.15) is 0 Å². The van der Waals surface area contributed by atoms with Crippen LogP contribution in [-0.4, -0.2) is 27.4 Å². The molecule has 19 heavy (non-hydrogen) atoms. The molecule has 1 N–H and O–H groups in total. The van der Waals surface area contributed by atoms with E-state index < -0.39 is 0 Å². The standard InChI is InChI=1S/C15H26N2OS/c1-2-3-4-6-9-14-12-16-15(17-13-14)19-11-8-5-7-10-18/h12-13,18H,2-11H2,1H3. The van der Waals surface area contributed by atoms with Gasteiger partial charge in [-0.1, -0.05) is 44.4 Å². The average Bonchev–Trinajstić information content (AvgIpc) is 2.45. The molecule has 3 nitrogen and oxygen atoms in total. The second kappa shape index (κ2) is 11.2. The van der Waals surface area contributed by atoms with Gasteiger partial charge in [0.05, 0.1) is 0 Å². The molecule has 0 radical (unpaired) electrons. The Morgan fingerprint density at radius 1 is 1.00 bits per heavy atom. The summed E-state index contributed by atoms with van der Waals surface area (Å²) >= 11 is 1.71. The number of aryl methyl sites for hydroxylation is 1. The van der Waals surface area contributed by atoms with E-state index in [2.05, 4.69) is 16.9 Å². The Labute approximate surface area is 121 Å². The van der Waals surface area contributed by atoms with Gasteiger partial charge in [-0.25, -0.2) is 9.97 Å². The fraction of sp³-hybridized carbons (Fsp3) is 0.733. The van der Waals surface area contributed by atoms with Gasteiger partial charge >= 0.3 is 0 Å². The van der Waals surface area contributed by atoms with Gasteiger partial charge < -0.3 is 5.11 Å². The number of nitrogens with zero attached hydrogens (tertiary/aromatic N) is 2. The first-order valence-electron chi connectivity index (χ1n) is 7.41. The van der Waals surface area contributed by atoms with E-state index >= 15 is 0 Å². The summed E-state index contributed by atoms with van der Waals surface area (Å²) < 4.78 is 0. The Morgan fingerprint density at radius 2 is 1.74 bits per heavy atom. The van der Waals surface area contributed by atoms with Crippen LogP contribution in [0.2, 0.25) is 0 Å². The zero-order valence-corrected chi connectivity index (χ0v) is 12.8. The van der Waals surface area contributed by atoms with Crippen LogP contribution < -0.4 is 0 Å². The summed E-state index contributed by atoms with van der Waals surface area (Å²) in [5, 5.41) is 9.56. The monoisotopic (exact) mass is 282 g/mol. The lowest BCUT2D eigenvalue weighted by molar-refractivity contribution is 0.284. The predicted molar refractivity (Wildman–Crippen MR) is 81.5 cm³/mol. The molecule has 0 saturated carbocycles. The van der Waals surface area contributed by atoms with Gasteiger partial charge in [0, 0.05) is 24.8 Å². The maximum absolute atomic E-state index is 8.69. The topological polar surface area (TPSA) is 46.0 Å². The summed E-state index contributed by atoms with van der Waals surface area (Å²) in [4.78, 5) is 8.80. The Balaban J connectivity index is 2.16. The largest absolute Gasteiger partial charge is 0.396 e. The van der Waals surface area contributed by atoms with Crippen LogP contribution in [0.3, 0.4) is 0 Å². The number of rotatable bonds is 11. The Kier molecular flexibility index (Phi) is 9.72. The number of aromatic nitrogens is 2. The van der Waals surface area contributed by atoms with Crippen molar-refractivity contribution >= 4 is 11.8 Å². The van der Waals surface area contributed by atoms with Crippen molar-refractivity contribution in [2.75, 3.05) is 12.4 Å². The van der Waals surface area contributed by atoms with Crippen LogP contribution in [-0.2, 0) is 6.42 Å². The van der Waals surface area contributed by atoms with E-state index in [0.29, 0.717) is 6.61 Å². The van der Waals surface area contributed by atoms with Crippen molar-refractivity contribution in [1.82, 2.24) is 9.97 Å². The average molecular weight is 282 g/mol. The van der Waals surface area contributed by atoms with Crippen LogP contribution in [0.1, 0.15) is 57.4 Å². The number of thioether (sulfide) groups is 1. The highest BCUT2D eigenvalue weighted by molar-refractivity contribution is 7.99. The van der Waals surface area contributed by atoms with Crippen LogP contribution in [0.15, 0.2) is 17.6 Å². The Morgan fingerprint density at radius 3 is 2.42 bits per heavy atom. The van der Waals surface area contributed by atoms with E-state index in [0.717, 1.165) is 36.6 Å². The van der Waals surface area contributed by atoms with Crippen molar-refractivity contribution in [2.24, 2.45) is 0 Å². The first-order chi connectivity index (χ1) is 9.36. The fourth-order valence-corrected chi connectivity index (χ4v) is 2.64. The molecule has 1 aromatic heterocycles. The summed E-state index contributed by atoms with van der Waals surface area (Å²) in [6.45, 7) is 2.53.